The lowest BCUT2D eigenvalue weighted by Gasteiger charge is -2.33. The van der Waals surface area contributed by atoms with Gasteiger partial charge in [-0.05, 0) is 25.2 Å². The van der Waals surface area contributed by atoms with Crippen LogP contribution in [0.15, 0.2) is 0 Å². The second kappa shape index (κ2) is 6.02. The lowest BCUT2D eigenvalue weighted by atomic mass is 9.76. The molecule has 0 aliphatic carbocycles. The number of carboxylic acids is 1. The number of carbonyl (C=O) groups excluding carboxylic acids is 1. The molecular formula is C15H28N2O3. The van der Waals surface area contributed by atoms with Crippen LogP contribution in [0.5, 0.6) is 0 Å². The Morgan fingerprint density at radius 1 is 1.20 bits per heavy atom. The third kappa shape index (κ3) is 2.91. The first kappa shape index (κ1) is 16.8. The van der Waals surface area contributed by atoms with E-state index in [1.165, 1.54) is 0 Å². The van der Waals surface area contributed by atoms with E-state index in [9.17, 15) is 14.7 Å². The van der Waals surface area contributed by atoms with Crippen LogP contribution in [0.25, 0.3) is 0 Å². The molecule has 1 N–H and O–H groups in total. The molecule has 2 amide bonds. The Morgan fingerprint density at radius 3 is 2.10 bits per heavy atom. The topological polar surface area (TPSA) is 60.9 Å². The molecular weight excluding hydrogens is 256 g/mol. The van der Waals surface area contributed by atoms with Crippen molar-refractivity contribution in [2.45, 2.75) is 47.1 Å². The SMILES string of the molecule is CC(C)C(C)N(C)C(=O)N1CCC(C(=O)O)(C(C)C)C1. The maximum Gasteiger partial charge on any atom is 0.320 e. The lowest BCUT2D eigenvalue weighted by Crippen LogP contribution is -2.48. The van der Waals surface area contributed by atoms with Crippen molar-refractivity contribution in [1.29, 1.82) is 0 Å². The van der Waals surface area contributed by atoms with E-state index in [2.05, 4.69) is 13.8 Å². The first-order valence-electron chi connectivity index (χ1n) is 7.38. The van der Waals surface area contributed by atoms with Gasteiger partial charge < -0.3 is 14.9 Å². The summed E-state index contributed by atoms with van der Waals surface area (Å²) in [6.07, 6.45) is 0.537. The molecule has 20 heavy (non-hydrogen) atoms. The minimum Gasteiger partial charge on any atom is -0.481 e. The molecule has 1 aliphatic rings. The number of urea groups is 1. The Bertz CT molecular complexity index is 381. The summed E-state index contributed by atoms with van der Waals surface area (Å²) >= 11 is 0. The molecule has 1 heterocycles. The second-order valence-corrected chi connectivity index (χ2v) is 6.67. The van der Waals surface area contributed by atoms with Crippen LogP contribution < -0.4 is 0 Å². The lowest BCUT2D eigenvalue weighted by molar-refractivity contribution is -0.150. The summed E-state index contributed by atoms with van der Waals surface area (Å²) in [6.45, 7) is 10.9. The van der Waals surface area contributed by atoms with Crippen molar-refractivity contribution in [3.8, 4) is 0 Å². The van der Waals surface area contributed by atoms with E-state index < -0.39 is 11.4 Å². The van der Waals surface area contributed by atoms with Crippen LogP contribution in [-0.2, 0) is 4.79 Å². The maximum atomic E-state index is 12.5. The summed E-state index contributed by atoms with van der Waals surface area (Å²) in [5, 5.41) is 9.52. The standard InChI is InChI=1S/C15H28N2O3/c1-10(2)12(5)16(6)14(20)17-8-7-15(9-17,11(3)4)13(18)19/h10-12H,7-9H2,1-6H3,(H,18,19). The average Bonchev–Trinajstić information content (AvgIpc) is 2.82. The summed E-state index contributed by atoms with van der Waals surface area (Å²) in [5.41, 5.74) is -0.794. The predicted octanol–water partition coefficient (Wildman–Crippen LogP) is 2.52. The highest BCUT2D eigenvalue weighted by molar-refractivity contribution is 5.80. The van der Waals surface area contributed by atoms with Gasteiger partial charge in [0.1, 0.15) is 0 Å². The summed E-state index contributed by atoms with van der Waals surface area (Å²) < 4.78 is 0. The molecule has 0 saturated carbocycles. The van der Waals surface area contributed by atoms with Crippen LogP contribution in [0, 0.1) is 17.3 Å². The molecule has 0 aromatic carbocycles. The van der Waals surface area contributed by atoms with Gasteiger partial charge in [-0.3, -0.25) is 4.79 Å². The summed E-state index contributed by atoms with van der Waals surface area (Å²) in [7, 11) is 1.79. The maximum absolute atomic E-state index is 12.5. The first-order valence-corrected chi connectivity index (χ1v) is 7.38. The molecule has 0 aromatic rings. The summed E-state index contributed by atoms with van der Waals surface area (Å²) in [4.78, 5) is 27.5. The van der Waals surface area contributed by atoms with Gasteiger partial charge in [0.25, 0.3) is 0 Å². The Kier molecular flexibility index (Phi) is 5.05. The van der Waals surface area contributed by atoms with Crippen LogP contribution >= 0.6 is 0 Å². The second-order valence-electron chi connectivity index (χ2n) is 6.67. The van der Waals surface area contributed by atoms with E-state index >= 15 is 0 Å². The molecule has 116 valence electrons. The Labute approximate surface area is 121 Å². The number of rotatable bonds is 4. The molecule has 0 aromatic heterocycles. The number of carbonyl (C=O) groups is 2. The number of carboxylic acid groups (broad SMARTS) is 1. The molecule has 0 bridgehead atoms. The number of nitrogens with zero attached hydrogens (tertiary/aromatic N) is 2. The molecule has 1 rings (SSSR count). The van der Waals surface area contributed by atoms with Crippen LogP contribution in [0.2, 0.25) is 0 Å². The van der Waals surface area contributed by atoms with Crippen molar-refractivity contribution in [1.82, 2.24) is 9.80 Å². The summed E-state index contributed by atoms with van der Waals surface area (Å²) in [5.74, 6) is -0.395. The van der Waals surface area contributed by atoms with E-state index in [0.29, 0.717) is 25.4 Å². The zero-order chi connectivity index (χ0) is 15.7. The fourth-order valence-electron chi connectivity index (χ4n) is 2.73. The largest absolute Gasteiger partial charge is 0.481 e. The third-order valence-corrected chi connectivity index (χ3v) is 4.98. The minimum absolute atomic E-state index is 0.0191. The number of hydrogen-bond acceptors (Lipinski definition) is 2. The van der Waals surface area contributed by atoms with Crippen molar-refractivity contribution >= 4 is 12.0 Å². The number of aliphatic carboxylic acids is 1. The summed E-state index contributed by atoms with van der Waals surface area (Å²) in [6, 6.07) is 0.0800. The van der Waals surface area contributed by atoms with Crippen molar-refractivity contribution < 1.29 is 14.7 Å². The third-order valence-electron chi connectivity index (χ3n) is 4.98. The van der Waals surface area contributed by atoms with Crippen molar-refractivity contribution in [2.24, 2.45) is 17.3 Å². The van der Waals surface area contributed by atoms with Gasteiger partial charge in [0.2, 0.25) is 0 Å². The highest BCUT2D eigenvalue weighted by atomic mass is 16.4. The number of likely N-dealkylation sites (tertiary alicyclic amines) is 1. The fourth-order valence-corrected chi connectivity index (χ4v) is 2.73. The molecule has 1 fully saturated rings. The van der Waals surface area contributed by atoms with Crippen molar-refractivity contribution in [3.05, 3.63) is 0 Å². The Hall–Kier alpha value is -1.26. The smallest absolute Gasteiger partial charge is 0.320 e. The monoisotopic (exact) mass is 284 g/mol. The van der Waals surface area contributed by atoms with Gasteiger partial charge in [-0.15, -0.1) is 0 Å². The Balaban J connectivity index is 2.82. The van der Waals surface area contributed by atoms with Crippen molar-refractivity contribution in [3.63, 3.8) is 0 Å². The van der Waals surface area contributed by atoms with Gasteiger partial charge in [-0.2, -0.15) is 0 Å². The van der Waals surface area contributed by atoms with Gasteiger partial charge >= 0.3 is 12.0 Å². The predicted molar refractivity (Wildman–Crippen MR) is 78.6 cm³/mol. The Morgan fingerprint density at radius 2 is 1.75 bits per heavy atom. The van der Waals surface area contributed by atoms with E-state index in [1.54, 1.807) is 16.8 Å². The molecule has 0 spiro atoms. The van der Waals surface area contributed by atoms with Crippen molar-refractivity contribution in [2.75, 3.05) is 20.1 Å². The number of hydrogen-bond donors (Lipinski definition) is 1. The quantitative estimate of drug-likeness (QED) is 0.863. The minimum atomic E-state index is -0.794. The molecule has 1 saturated heterocycles. The van der Waals surface area contributed by atoms with Crippen LogP contribution in [0.3, 0.4) is 0 Å². The van der Waals surface area contributed by atoms with Gasteiger partial charge in [0.15, 0.2) is 0 Å². The molecule has 5 heteroatoms. The van der Waals surface area contributed by atoms with E-state index in [1.807, 2.05) is 20.8 Å². The average molecular weight is 284 g/mol. The van der Waals surface area contributed by atoms with Crippen LogP contribution in [-0.4, -0.2) is 53.1 Å². The molecule has 2 unspecified atom stereocenters. The zero-order valence-corrected chi connectivity index (χ0v) is 13.5. The van der Waals surface area contributed by atoms with E-state index in [4.69, 9.17) is 0 Å². The van der Waals surface area contributed by atoms with Gasteiger partial charge in [-0.1, -0.05) is 27.7 Å². The van der Waals surface area contributed by atoms with Gasteiger partial charge in [0.05, 0.1) is 5.41 Å². The van der Waals surface area contributed by atoms with E-state index in [-0.39, 0.29) is 18.0 Å². The zero-order valence-electron chi connectivity index (χ0n) is 13.5. The molecule has 0 radical (unpaired) electrons. The highest BCUT2D eigenvalue weighted by Gasteiger charge is 2.49. The number of amides is 2. The van der Waals surface area contributed by atoms with Gasteiger partial charge in [-0.25, -0.2) is 4.79 Å². The van der Waals surface area contributed by atoms with Gasteiger partial charge in [0, 0.05) is 26.2 Å². The normalized spacial score (nSPS) is 24.3. The molecule has 1 aliphatic heterocycles. The van der Waals surface area contributed by atoms with Crippen LogP contribution in [0.4, 0.5) is 4.79 Å². The first-order chi connectivity index (χ1) is 9.13. The van der Waals surface area contributed by atoms with Crippen LogP contribution in [0.1, 0.15) is 41.0 Å². The van der Waals surface area contributed by atoms with E-state index in [0.717, 1.165) is 0 Å². The molecule has 5 nitrogen and oxygen atoms in total. The molecule has 2 atom stereocenters. The highest BCUT2D eigenvalue weighted by Crippen LogP contribution is 2.38. The fraction of sp³-hybridized carbons (Fsp3) is 0.867.